The van der Waals surface area contributed by atoms with Gasteiger partial charge in [0.25, 0.3) is 5.91 Å². The number of amides is 1. The van der Waals surface area contributed by atoms with Crippen molar-refractivity contribution in [3.8, 4) is 17.2 Å². The number of aliphatic hydroxyl groups excluding tert-OH is 1. The lowest BCUT2D eigenvalue weighted by molar-refractivity contribution is -0.155. The topological polar surface area (TPSA) is 137 Å². The van der Waals surface area contributed by atoms with E-state index in [2.05, 4.69) is 10.9 Å². The van der Waals surface area contributed by atoms with E-state index in [-0.39, 0.29) is 25.3 Å². The third kappa shape index (κ3) is 9.46. The van der Waals surface area contributed by atoms with Crippen molar-refractivity contribution in [1.82, 2.24) is 10.9 Å². The van der Waals surface area contributed by atoms with Crippen LogP contribution in [0.25, 0.3) is 0 Å². The van der Waals surface area contributed by atoms with E-state index >= 15 is 0 Å². The van der Waals surface area contributed by atoms with E-state index in [1.165, 1.54) is 0 Å². The molecule has 1 aliphatic heterocycles. The first-order chi connectivity index (χ1) is 22.6. The summed E-state index contributed by atoms with van der Waals surface area (Å²) in [5.74, 6) is 1.29. The molecule has 47 heavy (non-hydrogen) atoms. The summed E-state index contributed by atoms with van der Waals surface area (Å²) >= 11 is 0. The molecule has 0 saturated heterocycles. The van der Waals surface area contributed by atoms with E-state index in [9.17, 15) is 9.59 Å². The van der Waals surface area contributed by atoms with E-state index in [1.54, 1.807) is 71.4 Å². The molecule has 0 aliphatic carbocycles. The van der Waals surface area contributed by atoms with Crippen molar-refractivity contribution >= 4 is 17.8 Å². The zero-order valence-electron chi connectivity index (χ0n) is 27.7. The van der Waals surface area contributed by atoms with Crippen molar-refractivity contribution in [3.05, 3.63) is 89.5 Å². The SMILES string of the molecule is COc1cccc([C@@H]2OC(c3ccc(OCCCO)cc3)=N[C@]2(CCC(=O)OC(C)(C)C)C(=O)NNCCc2ccccc2OC)c1. The number of nitrogens with zero attached hydrogens (tertiary/aromatic N) is 1. The smallest absolute Gasteiger partial charge is 0.306 e. The Morgan fingerprint density at radius 1 is 0.979 bits per heavy atom. The van der Waals surface area contributed by atoms with Crippen LogP contribution in [0.2, 0.25) is 0 Å². The summed E-state index contributed by atoms with van der Waals surface area (Å²) in [5, 5.41) is 9.06. The second-order valence-electron chi connectivity index (χ2n) is 12.1. The lowest BCUT2D eigenvalue weighted by Gasteiger charge is -2.31. The van der Waals surface area contributed by atoms with Crippen molar-refractivity contribution in [2.45, 2.75) is 63.7 Å². The number of aliphatic imine (C=N–C) groups is 1. The number of carbonyl (C=O) groups is 2. The zero-order valence-corrected chi connectivity index (χ0v) is 27.7. The highest BCUT2D eigenvalue weighted by Gasteiger charge is 2.53. The summed E-state index contributed by atoms with van der Waals surface area (Å²) in [7, 11) is 3.18. The van der Waals surface area contributed by atoms with Gasteiger partial charge in [-0.25, -0.2) is 10.4 Å². The van der Waals surface area contributed by atoms with Gasteiger partial charge in [0.15, 0.2) is 11.6 Å². The molecular weight excluding hydrogens is 602 g/mol. The number of hydrogen-bond donors (Lipinski definition) is 3. The van der Waals surface area contributed by atoms with Crippen LogP contribution in [0.15, 0.2) is 77.8 Å². The molecule has 11 nitrogen and oxygen atoms in total. The lowest BCUT2D eigenvalue weighted by atomic mass is 9.83. The van der Waals surface area contributed by atoms with Gasteiger partial charge in [0.2, 0.25) is 5.90 Å². The highest BCUT2D eigenvalue weighted by atomic mass is 16.6. The number of carbonyl (C=O) groups excluding carboxylic acids is 2. The van der Waals surface area contributed by atoms with Gasteiger partial charge in [-0.05, 0) is 87.2 Å². The monoisotopic (exact) mass is 647 g/mol. The first-order valence-corrected chi connectivity index (χ1v) is 15.7. The number of esters is 1. The van der Waals surface area contributed by atoms with Gasteiger partial charge in [-0.1, -0.05) is 30.3 Å². The van der Waals surface area contributed by atoms with Crippen molar-refractivity contribution in [3.63, 3.8) is 0 Å². The molecule has 0 bridgehead atoms. The average molecular weight is 648 g/mol. The van der Waals surface area contributed by atoms with Crippen LogP contribution in [0.3, 0.4) is 0 Å². The van der Waals surface area contributed by atoms with Crippen LogP contribution in [0.4, 0.5) is 0 Å². The molecule has 3 aromatic carbocycles. The molecule has 2 atom stereocenters. The van der Waals surface area contributed by atoms with Crippen molar-refractivity contribution in [1.29, 1.82) is 0 Å². The second kappa shape index (κ2) is 16.3. The van der Waals surface area contributed by atoms with Crippen LogP contribution in [0, 0.1) is 0 Å². The number of hydrazine groups is 1. The van der Waals surface area contributed by atoms with Gasteiger partial charge in [-0.15, -0.1) is 0 Å². The number of aliphatic hydroxyl groups is 1. The highest BCUT2D eigenvalue weighted by molar-refractivity contribution is 6.01. The van der Waals surface area contributed by atoms with Crippen LogP contribution < -0.4 is 25.1 Å². The number of nitrogens with one attached hydrogen (secondary N) is 2. The summed E-state index contributed by atoms with van der Waals surface area (Å²) in [4.78, 5) is 32.2. The van der Waals surface area contributed by atoms with E-state index in [1.807, 2.05) is 36.4 Å². The first kappa shape index (κ1) is 35.2. The minimum Gasteiger partial charge on any atom is -0.497 e. The van der Waals surface area contributed by atoms with Gasteiger partial charge in [-0.2, -0.15) is 0 Å². The molecule has 252 valence electrons. The van der Waals surface area contributed by atoms with E-state index in [4.69, 9.17) is 33.8 Å². The molecule has 3 aromatic rings. The Bertz CT molecular complexity index is 1520. The van der Waals surface area contributed by atoms with Gasteiger partial charge in [0.05, 0.1) is 20.8 Å². The van der Waals surface area contributed by atoms with E-state index in [0.29, 0.717) is 48.6 Å². The van der Waals surface area contributed by atoms with E-state index in [0.717, 1.165) is 11.3 Å². The van der Waals surface area contributed by atoms with Crippen LogP contribution in [-0.4, -0.2) is 68.0 Å². The summed E-state index contributed by atoms with van der Waals surface area (Å²) in [6.07, 6.45) is 0.139. The Morgan fingerprint density at radius 2 is 1.74 bits per heavy atom. The second-order valence-corrected chi connectivity index (χ2v) is 12.1. The zero-order chi connectivity index (χ0) is 33.9. The molecule has 0 radical (unpaired) electrons. The molecule has 1 amide bonds. The Balaban J connectivity index is 1.66. The molecule has 11 heteroatoms. The summed E-state index contributed by atoms with van der Waals surface area (Å²) < 4.78 is 28.7. The minimum atomic E-state index is -1.55. The summed E-state index contributed by atoms with van der Waals surface area (Å²) in [6.45, 7) is 6.21. The maximum absolute atomic E-state index is 14.3. The van der Waals surface area contributed by atoms with Crippen LogP contribution in [0.5, 0.6) is 17.2 Å². The number of benzene rings is 3. The molecule has 0 fully saturated rings. The maximum atomic E-state index is 14.3. The quantitative estimate of drug-likeness (QED) is 0.115. The van der Waals surface area contributed by atoms with Crippen LogP contribution >= 0.6 is 0 Å². The van der Waals surface area contributed by atoms with Gasteiger partial charge >= 0.3 is 5.97 Å². The fourth-order valence-corrected chi connectivity index (χ4v) is 5.22. The Hall–Kier alpha value is -4.61. The number of hydrogen-bond acceptors (Lipinski definition) is 10. The van der Waals surface area contributed by atoms with Crippen LogP contribution in [0.1, 0.15) is 62.8 Å². The van der Waals surface area contributed by atoms with E-state index < -0.39 is 29.1 Å². The van der Waals surface area contributed by atoms with Gasteiger partial charge in [0, 0.05) is 31.6 Å². The highest BCUT2D eigenvalue weighted by Crippen LogP contribution is 2.44. The van der Waals surface area contributed by atoms with Crippen molar-refractivity contribution in [2.75, 3.05) is 34.0 Å². The molecule has 0 unspecified atom stereocenters. The predicted octanol–water partition coefficient (Wildman–Crippen LogP) is 4.71. The molecule has 4 rings (SSSR count). The molecule has 1 heterocycles. The van der Waals surface area contributed by atoms with Crippen molar-refractivity contribution < 1.29 is 38.4 Å². The minimum absolute atomic E-state index is 0.00959. The molecule has 1 aliphatic rings. The normalized spacial score (nSPS) is 17.3. The number of methoxy groups -OCH3 is 2. The number of rotatable bonds is 16. The largest absolute Gasteiger partial charge is 0.497 e. The fourth-order valence-electron chi connectivity index (χ4n) is 5.22. The molecule has 0 spiro atoms. The molecule has 0 saturated carbocycles. The van der Waals surface area contributed by atoms with Crippen molar-refractivity contribution in [2.24, 2.45) is 4.99 Å². The fraction of sp³-hybridized carbons (Fsp3) is 0.417. The molecular formula is C36H45N3O8. The molecule has 3 N–H and O–H groups in total. The lowest BCUT2D eigenvalue weighted by Crippen LogP contribution is -2.53. The third-order valence-electron chi connectivity index (χ3n) is 7.47. The predicted molar refractivity (Wildman–Crippen MR) is 178 cm³/mol. The first-order valence-electron chi connectivity index (χ1n) is 15.7. The van der Waals surface area contributed by atoms with Gasteiger partial charge in [-0.3, -0.25) is 15.0 Å². The number of para-hydroxylation sites is 1. The molecule has 0 aromatic heterocycles. The average Bonchev–Trinajstić information content (AvgIpc) is 3.46. The Labute approximate surface area is 276 Å². The summed E-state index contributed by atoms with van der Waals surface area (Å²) in [6, 6.07) is 22.1. The Kier molecular flexibility index (Phi) is 12.2. The van der Waals surface area contributed by atoms with Crippen LogP contribution in [-0.2, 0) is 25.5 Å². The summed E-state index contributed by atoms with van der Waals surface area (Å²) in [5.41, 5.74) is 5.90. The third-order valence-corrected chi connectivity index (χ3v) is 7.47. The van der Waals surface area contributed by atoms with Gasteiger partial charge < -0.3 is 28.8 Å². The maximum Gasteiger partial charge on any atom is 0.306 e. The van der Waals surface area contributed by atoms with Gasteiger partial charge in [0.1, 0.15) is 22.8 Å². The standard InChI is InChI=1S/C36H45N3O8/c1-35(2,3)47-31(41)18-20-36(34(42)39-37-21-19-25-10-6-7-13-30(25)44-5)32(27-11-8-12-29(24-27)43-4)46-33(38-36)26-14-16-28(17-15-26)45-23-9-22-40/h6-8,10-17,24,32,37,40H,9,18-23H2,1-5H3,(H,39,42)/t32-,36-/m0/s1. The Morgan fingerprint density at radius 3 is 2.45 bits per heavy atom. The number of ether oxygens (including phenoxy) is 5.